The summed E-state index contributed by atoms with van der Waals surface area (Å²) in [5, 5.41) is 11.6. The fourth-order valence-corrected chi connectivity index (χ4v) is 2.76. The Labute approximate surface area is 87.8 Å². The van der Waals surface area contributed by atoms with Gasteiger partial charge < -0.3 is 9.84 Å². The van der Waals surface area contributed by atoms with Crippen LogP contribution in [0.15, 0.2) is 0 Å². The number of carboxylic acids is 1. The van der Waals surface area contributed by atoms with E-state index >= 15 is 0 Å². The normalized spacial score (nSPS) is 37.1. The van der Waals surface area contributed by atoms with E-state index in [2.05, 4.69) is 5.32 Å². The molecule has 2 N–H and O–H groups in total. The van der Waals surface area contributed by atoms with Crippen LogP contribution in [0.1, 0.15) is 12.8 Å². The van der Waals surface area contributed by atoms with Crippen LogP contribution in [0.2, 0.25) is 0 Å². The molecule has 0 amide bonds. The van der Waals surface area contributed by atoms with Gasteiger partial charge in [-0.15, -0.1) is 0 Å². The average molecular weight is 213 g/mol. The molecule has 0 aliphatic heterocycles. The van der Waals surface area contributed by atoms with Gasteiger partial charge in [0.25, 0.3) is 0 Å². The Morgan fingerprint density at radius 2 is 2.20 bits per heavy atom. The Bertz CT molecular complexity index is 291. The van der Waals surface area contributed by atoms with Gasteiger partial charge in [-0.25, -0.2) is 0 Å². The molecule has 0 spiro atoms. The second-order valence-electron chi connectivity index (χ2n) is 4.25. The van der Waals surface area contributed by atoms with Crippen molar-refractivity contribution < 1.29 is 19.4 Å². The van der Waals surface area contributed by atoms with Gasteiger partial charge >= 0.3 is 11.9 Å². The molecule has 4 unspecified atom stereocenters. The van der Waals surface area contributed by atoms with Crippen LogP contribution in [-0.4, -0.2) is 30.8 Å². The minimum Gasteiger partial charge on any atom is -0.481 e. The SMILES string of the molecule is CNCOC(=O)C1CCC2C(C(=O)O)C12. The number of hydrogen-bond acceptors (Lipinski definition) is 4. The first kappa shape index (κ1) is 10.4. The van der Waals surface area contributed by atoms with Crippen LogP contribution in [0.3, 0.4) is 0 Å². The van der Waals surface area contributed by atoms with Crippen LogP contribution in [0, 0.1) is 23.7 Å². The fraction of sp³-hybridized carbons (Fsp3) is 0.800. The van der Waals surface area contributed by atoms with Gasteiger partial charge in [0.2, 0.25) is 0 Å². The number of esters is 1. The number of carboxylic acid groups (broad SMARTS) is 1. The van der Waals surface area contributed by atoms with Gasteiger partial charge in [-0.2, -0.15) is 0 Å². The Hall–Kier alpha value is -1.10. The number of nitrogens with one attached hydrogen (secondary N) is 1. The average Bonchev–Trinajstić information content (AvgIpc) is 2.77. The van der Waals surface area contributed by atoms with Crippen LogP contribution < -0.4 is 5.32 Å². The maximum Gasteiger partial charge on any atom is 0.310 e. The first-order valence-electron chi connectivity index (χ1n) is 5.21. The third kappa shape index (κ3) is 1.71. The van der Waals surface area contributed by atoms with Crippen molar-refractivity contribution in [3.63, 3.8) is 0 Å². The van der Waals surface area contributed by atoms with Crippen molar-refractivity contribution in [3.8, 4) is 0 Å². The first-order valence-corrected chi connectivity index (χ1v) is 5.21. The molecule has 0 radical (unpaired) electrons. The summed E-state index contributed by atoms with van der Waals surface area (Å²) in [4.78, 5) is 22.3. The second-order valence-corrected chi connectivity index (χ2v) is 4.25. The van der Waals surface area contributed by atoms with Gasteiger partial charge in [0.15, 0.2) is 0 Å². The summed E-state index contributed by atoms with van der Waals surface area (Å²) in [5.41, 5.74) is 0. The van der Waals surface area contributed by atoms with Crippen molar-refractivity contribution in [2.45, 2.75) is 12.8 Å². The van der Waals surface area contributed by atoms with Crippen molar-refractivity contribution in [2.24, 2.45) is 23.7 Å². The lowest BCUT2D eigenvalue weighted by Gasteiger charge is -2.12. The summed E-state index contributed by atoms with van der Waals surface area (Å²) >= 11 is 0. The zero-order valence-corrected chi connectivity index (χ0v) is 8.60. The van der Waals surface area contributed by atoms with Gasteiger partial charge in [-0.05, 0) is 31.7 Å². The minimum absolute atomic E-state index is 0.0341. The van der Waals surface area contributed by atoms with Gasteiger partial charge in [0.05, 0.1) is 11.8 Å². The predicted octanol–water partition coefficient (Wildman–Crippen LogP) is 0.0633. The van der Waals surface area contributed by atoms with Crippen LogP contribution in [0.5, 0.6) is 0 Å². The van der Waals surface area contributed by atoms with E-state index in [4.69, 9.17) is 9.84 Å². The lowest BCUT2D eigenvalue weighted by atomic mass is 10.0. The van der Waals surface area contributed by atoms with E-state index in [0.29, 0.717) is 0 Å². The van der Waals surface area contributed by atoms with E-state index in [9.17, 15) is 9.59 Å². The quantitative estimate of drug-likeness (QED) is 0.510. The molecule has 2 fully saturated rings. The molecule has 0 aromatic rings. The van der Waals surface area contributed by atoms with E-state index in [1.807, 2.05) is 0 Å². The maximum absolute atomic E-state index is 11.6. The highest BCUT2D eigenvalue weighted by atomic mass is 16.5. The molecular formula is C10H15NO4. The highest BCUT2D eigenvalue weighted by molar-refractivity contribution is 5.80. The number of carbonyl (C=O) groups is 2. The highest BCUT2D eigenvalue weighted by Gasteiger charge is 2.63. The molecule has 2 aliphatic carbocycles. The van der Waals surface area contributed by atoms with Gasteiger partial charge in [-0.3, -0.25) is 14.9 Å². The maximum atomic E-state index is 11.6. The minimum atomic E-state index is -0.767. The number of rotatable bonds is 4. The van der Waals surface area contributed by atoms with Crippen LogP contribution in [0.25, 0.3) is 0 Å². The lowest BCUT2D eigenvalue weighted by Crippen LogP contribution is -2.24. The molecule has 5 heteroatoms. The van der Waals surface area contributed by atoms with E-state index in [-0.39, 0.29) is 36.4 Å². The van der Waals surface area contributed by atoms with Crippen LogP contribution in [-0.2, 0) is 14.3 Å². The van der Waals surface area contributed by atoms with Crippen LogP contribution >= 0.6 is 0 Å². The zero-order chi connectivity index (χ0) is 11.0. The number of aliphatic carboxylic acids is 1. The van der Waals surface area contributed by atoms with Gasteiger partial charge in [-0.1, -0.05) is 0 Å². The molecule has 2 rings (SSSR count). The molecule has 84 valence electrons. The third-order valence-electron chi connectivity index (χ3n) is 3.45. The predicted molar refractivity (Wildman–Crippen MR) is 50.8 cm³/mol. The summed E-state index contributed by atoms with van der Waals surface area (Å²) in [7, 11) is 1.70. The van der Waals surface area contributed by atoms with Crippen molar-refractivity contribution >= 4 is 11.9 Å². The van der Waals surface area contributed by atoms with E-state index in [1.54, 1.807) is 7.05 Å². The molecule has 0 heterocycles. The molecule has 15 heavy (non-hydrogen) atoms. The van der Waals surface area contributed by atoms with E-state index in [0.717, 1.165) is 12.8 Å². The molecule has 0 bridgehead atoms. The summed E-state index contributed by atoms with van der Waals surface area (Å²) in [5.74, 6) is -1.26. The molecule has 4 atom stereocenters. The molecular weight excluding hydrogens is 198 g/mol. The van der Waals surface area contributed by atoms with Gasteiger partial charge in [0, 0.05) is 0 Å². The summed E-state index contributed by atoms with van der Waals surface area (Å²) in [6, 6.07) is 0. The largest absolute Gasteiger partial charge is 0.481 e. The molecule has 5 nitrogen and oxygen atoms in total. The molecule has 0 aromatic heterocycles. The molecule has 2 aliphatic rings. The number of ether oxygens (including phenoxy) is 1. The van der Waals surface area contributed by atoms with E-state index < -0.39 is 5.97 Å². The van der Waals surface area contributed by atoms with Crippen LogP contribution in [0.4, 0.5) is 0 Å². The highest BCUT2D eigenvalue weighted by Crippen LogP contribution is 2.60. The van der Waals surface area contributed by atoms with Crippen molar-refractivity contribution in [3.05, 3.63) is 0 Å². The number of hydrogen-bond donors (Lipinski definition) is 2. The smallest absolute Gasteiger partial charge is 0.310 e. The zero-order valence-electron chi connectivity index (χ0n) is 8.60. The molecule has 0 saturated heterocycles. The Morgan fingerprint density at radius 1 is 1.47 bits per heavy atom. The Kier molecular flexibility index (Phi) is 2.65. The topological polar surface area (TPSA) is 75.6 Å². The third-order valence-corrected chi connectivity index (χ3v) is 3.45. The molecule has 0 aromatic carbocycles. The Balaban J connectivity index is 1.90. The fourth-order valence-electron chi connectivity index (χ4n) is 2.76. The van der Waals surface area contributed by atoms with Gasteiger partial charge in [0.1, 0.15) is 6.73 Å². The number of carbonyl (C=O) groups excluding carboxylic acids is 1. The van der Waals surface area contributed by atoms with E-state index in [1.165, 1.54) is 0 Å². The second kappa shape index (κ2) is 3.81. The van der Waals surface area contributed by atoms with Crippen molar-refractivity contribution in [1.29, 1.82) is 0 Å². The molecule has 2 saturated carbocycles. The lowest BCUT2D eigenvalue weighted by molar-refractivity contribution is -0.150. The Morgan fingerprint density at radius 3 is 2.73 bits per heavy atom. The first-order chi connectivity index (χ1) is 7.16. The number of fused-ring (bicyclic) bond motifs is 1. The summed E-state index contributed by atoms with van der Waals surface area (Å²) in [6.45, 7) is 0.199. The summed E-state index contributed by atoms with van der Waals surface area (Å²) in [6.07, 6.45) is 1.63. The standard InChI is InChI=1S/C10H15NO4/c1-11-4-15-10(14)6-3-2-5-7(6)8(5)9(12)13/h5-8,11H,2-4H2,1H3,(H,12,13). The van der Waals surface area contributed by atoms with Crippen molar-refractivity contribution in [1.82, 2.24) is 5.32 Å². The summed E-state index contributed by atoms with van der Waals surface area (Å²) < 4.78 is 4.96. The van der Waals surface area contributed by atoms with Crippen molar-refractivity contribution in [2.75, 3.05) is 13.8 Å². The monoisotopic (exact) mass is 213 g/mol.